The minimum Gasteiger partial charge on any atom is -0.469 e. The van der Waals surface area contributed by atoms with E-state index in [1.807, 2.05) is 6.92 Å². The van der Waals surface area contributed by atoms with E-state index in [0.29, 0.717) is 5.92 Å². The summed E-state index contributed by atoms with van der Waals surface area (Å²) in [6.45, 7) is 13.3. The fourth-order valence-electron chi connectivity index (χ4n) is 6.28. The molecule has 0 unspecified atom stereocenters. The van der Waals surface area contributed by atoms with Gasteiger partial charge in [-0.15, -0.1) is 0 Å². The molecule has 1 aliphatic heterocycles. The predicted octanol–water partition coefficient (Wildman–Crippen LogP) is 4.01. The van der Waals surface area contributed by atoms with Crippen molar-refractivity contribution in [3.63, 3.8) is 0 Å². The minimum atomic E-state index is -0.553. The first-order valence-corrected chi connectivity index (χ1v) is 9.64. The van der Waals surface area contributed by atoms with Crippen LogP contribution in [0.2, 0.25) is 0 Å². The second-order valence-corrected chi connectivity index (χ2v) is 9.72. The highest BCUT2D eigenvalue weighted by molar-refractivity contribution is 5.70. The Morgan fingerprint density at radius 1 is 1.24 bits per heavy atom. The van der Waals surface area contributed by atoms with Gasteiger partial charge in [0.15, 0.2) is 0 Å². The molecule has 3 rings (SSSR count). The second kappa shape index (κ2) is 5.82. The van der Waals surface area contributed by atoms with Crippen LogP contribution in [0.1, 0.15) is 72.6 Å². The zero-order valence-corrected chi connectivity index (χ0v) is 16.5. The Balaban J connectivity index is 2.01. The lowest BCUT2D eigenvalue weighted by molar-refractivity contribution is -0.212. The van der Waals surface area contributed by atoms with Gasteiger partial charge in [0.2, 0.25) is 0 Å². The van der Waals surface area contributed by atoms with Crippen LogP contribution in [0.4, 0.5) is 0 Å². The number of hydrogen-bond acceptors (Lipinski definition) is 4. The summed E-state index contributed by atoms with van der Waals surface area (Å²) in [6.07, 6.45) is 5.53. The Morgan fingerprint density at radius 3 is 2.56 bits per heavy atom. The van der Waals surface area contributed by atoms with Gasteiger partial charge in [0.25, 0.3) is 0 Å². The topological polar surface area (TPSA) is 55.8 Å². The summed E-state index contributed by atoms with van der Waals surface area (Å²) < 4.78 is 11.6. The molecule has 1 N–H and O–H groups in total. The highest BCUT2D eigenvalue weighted by atomic mass is 16.5. The second-order valence-electron chi connectivity index (χ2n) is 9.72. The summed E-state index contributed by atoms with van der Waals surface area (Å²) in [5.74, 6) is 0.141. The van der Waals surface area contributed by atoms with Crippen molar-refractivity contribution in [3.8, 4) is 0 Å². The number of aliphatic hydroxyl groups is 1. The normalized spacial score (nSPS) is 46.1. The van der Waals surface area contributed by atoms with Gasteiger partial charge >= 0.3 is 5.97 Å². The first kappa shape index (κ1) is 18.9. The van der Waals surface area contributed by atoms with Gasteiger partial charge in [-0.05, 0) is 55.9 Å². The summed E-state index contributed by atoms with van der Waals surface area (Å²) in [6, 6.07) is 0. The number of aliphatic hydroxyl groups excluding tert-OH is 1. The number of carbonyl (C=O) groups excluding carboxylic acids is 1. The monoisotopic (exact) mass is 350 g/mol. The summed E-state index contributed by atoms with van der Waals surface area (Å²) in [7, 11) is 1.42. The SMILES string of the molecule is C=C1[C@H](O)C[C@H]2C(C)(C)CCC[C@]2(C)[C@@]12CC[C@@](C)(CC(=O)OC)O2. The minimum absolute atomic E-state index is 0.0566. The van der Waals surface area contributed by atoms with Gasteiger partial charge in [-0.25, -0.2) is 0 Å². The average Bonchev–Trinajstić information content (AvgIpc) is 2.87. The summed E-state index contributed by atoms with van der Waals surface area (Å²) >= 11 is 0. The fraction of sp³-hybridized carbons (Fsp3) is 0.857. The number of hydrogen-bond donors (Lipinski definition) is 1. The number of esters is 1. The summed E-state index contributed by atoms with van der Waals surface area (Å²) in [5, 5.41) is 10.8. The van der Waals surface area contributed by atoms with Gasteiger partial charge in [-0.2, -0.15) is 0 Å². The Bertz CT molecular complexity index is 582. The quantitative estimate of drug-likeness (QED) is 0.604. The maximum Gasteiger partial charge on any atom is 0.308 e. The van der Waals surface area contributed by atoms with Crippen LogP contribution in [-0.4, -0.2) is 35.5 Å². The Labute approximate surface area is 152 Å². The molecule has 5 atom stereocenters. The molecule has 4 nitrogen and oxygen atoms in total. The molecule has 0 aromatic rings. The van der Waals surface area contributed by atoms with E-state index in [9.17, 15) is 9.90 Å². The van der Waals surface area contributed by atoms with Crippen molar-refractivity contribution < 1.29 is 19.4 Å². The van der Waals surface area contributed by atoms with E-state index in [4.69, 9.17) is 9.47 Å². The van der Waals surface area contributed by atoms with Gasteiger partial charge in [-0.1, -0.05) is 33.8 Å². The van der Waals surface area contributed by atoms with Crippen LogP contribution in [0.3, 0.4) is 0 Å². The van der Waals surface area contributed by atoms with Gasteiger partial charge in [-0.3, -0.25) is 4.79 Å². The number of ether oxygens (including phenoxy) is 2. The van der Waals surface area contributed by atoms with Crippen LogP contribution in [0.15, 0.2) is 12.2 Å². The van der Waals surface area contributed by atoms with Crippen LogP contribution >= 0.6 is 0 Å². The molecule has 0 radical (unpaired) electrons. The fourth-order valence-corrected chi connectivity index (χ4v) is 6.28. The molecule has 4 heteroatoms. The lowest BCUT2D eigenvalue weighted by Crippen LogP contribution is -2.63. The predicted molar refractivity (Wildman–Crippen MR) is 97.1 cm³/mol. The highest BCUT2D eigenvalue weighted by Gasteiger charge is 2.67. The first-order valence-electron chi connectivity index (χ1n) is 9.64. The van der Waals surface area contributed by atoms with Crippen LogP contribution in [0, 0.1) is 16.7 Å². The lowest BCUT2D eigenvalue weighted by atomic mass is 9.45. The molecular weight excluding hydrogens is 316 g/mol. The van der Waals surface area contributed by atoms with Gasteiger partial charge in [0.05, 0.1) is 30.8 Å². The summed E-state index contributed by atoms with van der Waals surface area (Å²) in [5.41, 5.74) is -0.166. The van der Waals surface area contributed by atoms with Crippen LogP contribution in [-0.2, 0) is 14.3 Å². The van der Waals surface area contributed by atoms with Crippen LogP contribution < -0.4 is 0 Å². The Morgan fingerprint density at radius 2 is 1.92 bits per heavy atom. The van der Waals surface area contributed by atoms with Crippen molar-refractivity contribution in [1.82, 2.24) is 0 Å². The van der Waals surface area contributed by atoms with E-state index in [0.717, 1.165) is 31.3 Å². The standard InChI is InChI=1S/C21H34O4/c1-14-15(22)12-16-18(2,3)8-7-9-20(16,5)21(14)11-10-19(4,25-21)13-17(23)24-6/h15-16,22H,1,7-13H2,2-6H3/t15-,16+,19+,20+,21-/m1/s1. The van der Waals surface area contributed by atoms with Crippen molar-refractivity contribution in [2.24, 2.45) is 16.7 Å². The average molecular weight is 350 g/mol. The van der Waals surface area contributed by atoms with Gasteiger partial charge in [0.1, 0.15) is 0 Å². The largest absolute Gasteiger partial charge is 0.469 e. The van der Waals surface area contributed by atoms with E-state index in [2.05, 4.69) is 27.4 Å². The molecule has 2 aliphatic carbocycles. The molecule has 25 heavy (non-hydrogen) atoms. The smallest absolute Gasteiger partial charge is 0.308 e. The number of fused-ring (bicyclic) bond motifs is 2. The molecule has 3 fully saturated rings. The molecule has 3 aliphatic rings. The van der Waals surface area contributed by atoms with Crippen molar-refractivity contribution in [1.29, 1.82) is 0 Å². The zero-order valence-electron chi connectivity index (χ0n) is 16.5. The molecule has 1 spiro atoms. The molecular formula is C21H34O4. The maximum absolute atomic E-state index is 11.9. The van der Waals surface area contributed by atoms with Gasteiger partial charge < -0.3 is 14.6 Å². The third-order valence-electron chi connectivity index (χ3n) is 7.70. The third-order valence-corrected chi connectivity index (χ3v) is 7.70. The van der Waals surface area contributed by atoms with Crippen LogP contribution in [0.5, 0.6) is 0 Å². The van der Waals surface area contributed by atoms with Crippen molar-refractivity contribution in [2.45, 2.75) is 89.9 Å². The van der Waals surface area contributed by atoms with Crippen LogP contribution in [0.25, 0.3) is 0 Å². The van der Waals surface area contributed by atoms with Crippen molar-refractivity contribution >= 4 is 5.97 Å². The van der Waals surface area contributed by atoms with E-state index in [1.165, 1.54) is 20.0 Å². The van der Waals surface area contributed by atoms with Gasteiger partial charge in [0, 0.05) is 5.41 Å². The third kappa shape index (κ3) is 2.68. The number of carbonyl (C=O) groups is 1. The van der Waals surface area contributed by atoms with E-state index < -0.39 is 17.3 Å². The molecule has 142 valence electrons. The number of methoxy groups -OCH3 is 1. The Kier molecular flexibility index (Phi) is 4.40. The van der Waals surface area contributed by atoms with E-state index in [1.54, 1.807) is 0 Å². The molecule has 0 amide bonds. The maximum atomic E-state index is 11.9. The lowest BCUT2D eigenvalue weighted by Gasteiger charge is -2.63. The molecule has 0 aromatic carbocycles. The molecule has 1 heterocycles. The van der Waals surface area contributed by atoms with E-state index in [-0.39, 0.29) is 23.2 Å². The number of rotatable bonds is 2. The van der Waals surface area contributed by atoms with E-state index >= 15 is 0 Å². The Hall–Kier alpha value is -0.870. The summed E-state index contributed by atoms with van der Waals surface area (Å²) in [4.78, 5) is 11.9. The van der Waals surface area contributed by atoms with Crippen molar-refractivity contribution in [3.05, 3.63) is 12.2 Å². The zero-order chi connectivity index (χ0) is 18.7. The first-order chi connectivity index (χ1) is 11.5. The highest BCUT2D eigenvalue weighted by Crippen LogP contribution is 2.67. The molecule has 2 saturated carbocycles. The molecule has 0 aromatic heterocycles. The molecule has 1 saturated heterocycles. The molecule has 0 bridgehead atoms. The van der Waals surface area contributed by atoms with Crippen molar-refractivity contribution in [2.75, 3.05) is 7.11 Å².